The average Bonchev–Trinajstić information content (AvgIpc) is 3.33. The van der Waals surface area contributed by atoms with E-state index in [2.05, 4.69) is 99.9 Å². The summed E-state index contributed by atoms with van der Waals surface area (Å²) in [5.74, 6) is -1.14. The molecule has 7 heteroatoms. The van der Waals surface area contributed by atoms with Crippen molar-refractivity contribution >= 4 is 43.7 Å². The van der Waals surface area contributed by atoms with Gasteiger partial charge in [-0.15, -0.1) is 0 Å². The van der Waals surface area contributed by atoms with Crippen LogP contribution in [-0.4, -0.2) is 45.7 Å². The molecule has 0 bridgehead atoms. The van der Waals surface area contributed by atoms with Gasteiger partial charge in [0.15, 0.2) is 0 Å². The average molecular weight is 504 g/mol. The molecule has 160 valence electrons. The summed E-state index contributed by atoms with van der Waals surface area (Å²) in [6.07, 6.45) is 0. The zero-order chi connectivity index (χ0) is 22.6. The number of hydrogen-bond donors (Lipinski definition) is 1. The number of carboxylic acids is 1. The third kappa shape index (κ3) is 4.12. The van der Waals surface area contributed by atoms with E-state index in [1.165, 1.54) is 57.6 Å². The van der Waals surface area contributed by atoms with Crippen LogP contribution in [0.1, 0.15) is 27.9 Å². The van der Waals surface area contributed by atoms with E-state index in [1.54, 1.807) is 5.38 Å². The molecule has 1 heterocycles. The van der Waals surface area contributed by atoms with Gasteiger partial charge in [0.1, 0.15) is 0 Å². The Labute approximate surface area is 198 Å². The molecule has 1 aliphatic rings. The van der Waals surface area contributed by atoms with E-state index in [4.69, 9.17) is 5.11 Å². The second kappa shape index (κ2) is 9.51. The maximum absolute atomic E-state index is 10.7. The SMILES string of the molecule is CON=C(C(=O)O)c1csc([AsH2])n1.c1ccc(C2(c3ccccc3)c3ccccc32)cc1. The number of rotatable bonds is 5. The Morgan fingerprint density at radius 2 is 1.44 bits per heavy atom. The van der Waals surface area contributed by atoms with Crippen LogP contribution in [0.15, 0.2) is 95.5 Å². The van der Waals surface area contributed by atoms with Crippen molar-refractivity contribution in [1.82, 2.24) is 4.98 Å². The Balaban J connectivity index is 0.000000166. The molecule has 4 aromatic rings. The van der Waals surface area contributed by atoms with Gasteiger partial charge in [0.25, 0.3) is 0 Å². The van der Waals surface area contributed by atoms with Crippen molar-refractivity contribution in [3.8, 4) is 0 Å². The third-order valence-corrected chi connectivity index (χ3v) is 7.04. The maximum Gasteiger partial charge on any atom is 0.0708 e. The summed E-state index contributed by atoms with van der Waals surface area (Å²) >= 11 is 2.74. The molecular formula is C25H21AsN2O3S. The van der Waals surface area contributed by atoms with Gasteiger partial charge in [-0.05, 0) is 22.3 Å². The first-order valence-electron chi connectivity index (χ1n) is 9.86. The van der Waals surface area contributed by atoms with E-state index in [-0.39, 0.29) is 11.1 Å². The quantitative estimate of drug-likeness (QED) is 0.227. The minimum absolute atomic E-state index is 0.00792. The fourth-order valence-corrected chi connectivity index (χ4v) is 5.17. The smallest absolute Gasteiger partial charge is 0.0622 e. The van der Waals surface area contributed by atoms with Crippen LogP contribution < -0.4 is 3.80 Å². The molecule has 1 aromatic heterocycles. The Morgan fingerprint density at radius 1 is 0.938 bits per heavy atom. The molecule has 1 aliphatic carbocycles. The van der Waals surface area contributed by atoms with Crippen LogP contribution in [0, 0.1) is 0 Å². The topological polar surface area (TPSA) is 71.8 Å². The van der Waals surface area contributed by atoms with Gasteiger partial charge in [0, 0.05) is 0 Å². The second-order valence-electron chi connectivity index (χ2n) is 7.03. The summed E-state index contributed by atoms with van der Waals surface area (Å²) in [6, 6.07) is 30.3. The zero-order valence-electron chi connectivity index (χ0n) is 17.3. The number of oxime groups is 1. The van der Waals surface area contributed by atoms with Crippen LogP contribution in [0.5, 0.6) is 0 Å². The van der Waals surface area contributed by atoms with Crippen molar-refractivity contribution in [3.63, 3.8) is 0 Å². The van der Waals surface area contributed by atoms with Crippen LogP contribution in [0.2, 0.25) is 0 Å². The summed E-state index contributed by atoms with van der Waals surface area (Å²) < 4.78 is 0.854. The van der Waals surface area contributed by atoms with Crippen LogP contribution in [0.4, 0.5) is 0 Å². The predicted molar refractivity (Wildman–Crippen MR) is 130 cm³/mol. The summed E-state index contributed by atoms with van der Waals surface area (Å²) in [5, 5.41) is 13.7. The molecule has 1 N–H and O–H groups in total. The standard InChI is InChI=1S/C19H14.C6H7AsN2O3S/c1-3-9-15(10-4-1)19(16-11-5-2-6-12-16)17-13-7-8-14-18(17)19;1-12-9-4(5(10)11)3-2-13-6(7)8-3/h1-14H;2H,7H2,1H3,(H,10,11). The van der Waals surface area contributed by atoms with Gasteiger partial charge >= 0.3 is 86.7 Å². The van der Waals surface area contributed by atoms with E-state index < -0.39 is 5.97 Å². The van der Waals surface area contributed by atoms with Crippen molar-refractivity contribution < 1.29 is 14.7 Å². The molecule has 0 aliphatic heterocycles. The monoisotopic (exact) mass is 504 g/mol. The fourth-order valence-electron chi connectivity index (χ4n) is 3.90. The van der Waals surface area contributed by atoms with E-state index in [1.807, 2.05) is 0 Å². The van der Waals surface area contributed by atoms with Gasteiger partial charge in [-0.3, -0.25) is 0 Å². The van der Waals surface area contributed by atoms with Gasteiger partial charge in [0.2, 0.25) is 0 Å². The number of aromatic nitrogens is 1. The van der Waals surface area contributed by atoms with E-state index in [9.17, 15) is 4.79 Å². The van der Waals surface area contributed by atoms with Crippen molar-refractivity contribution in [2.75, 3.05) is 7.11 Å². The van der Waals surface area contributed by atoms with Crippen LogP contribution in [0.25, 0.3) is 0 Å². The first-order chi connectivity index (χ1) is 15.6. The molecular weight excluding hydrogens is 483 g/mol. The molecule has 0 spiro atoms. The number of carbonyl (C=O) groups is 1. The molecule has 1 atom stereocenters. The van der Waals surface area contributed by atoms with Gasteiger partial charge in [-0.25, -0.2) is 0 Å². The van der Waals surface area contributed by atoms with E-state index in [0.717, 1.165) is 3.80 Å². The number of aliphatic carboxylic acids is 1. The van der Waals surface area contributed by atoms with Gasteiger partial charge in [-0.1, -0.05) is 84.9 Å². The Kier molecular flexibility index (Phi) is 6.54. The van der Waals surface area contributed by atoms with Crippen molar-refractivity contribution in [3.05, 3.63) is 118 Å². The molecule has 3 aromatic carbocycles. The fraction of sp³-hybridized carbons (Fsp3) is 0.0800. The number of fused-ring (bicyclic) bond motifs is 1. The molecule has 0 saturated heterocycles. The molecule has 32 heavy (non-hydrogen) atoms. The maximum atomic E-state index is 10.7. The molecule has 0 saturated carbocycles. The van der Waals surface area contributed by atoms with E-state index >= 15 is 0 Å². The van der Waals surface area contributed by atoms with Gasteiger partial charge in [0.05, 0.1) is 5.41 Å². The summed E-state index contributed by atoms with van der Waals surface area (Å²) in [4.78, 5) is 19.1. The summed E-state index contributed by atoms with van der Waals surface area (Å²) in [7, 11) is 1.30. The number of carboxylic acid groups (broad SMARTS) is 1. The van der Waals surface area contributed by atoms with Gasteiger partial charge in [-0.2, -0.15) is 0 Å². The van der Waals surface area contributed by atoms with Crippen LogP contribution >= 0.6 is 11.3 Å². The molecule has 0 fully saturated rings. The summed E-state index contributed by atoms with van der Waals surface area (Å²) in [6.45, 7) is 0. The Morgan fingerprint density at radius 3 is 1.84 bits per heavy atom. The number of hydrogen-bond acceptors (Lipinski definition) is 5. The number of thiazole rings is 1. The van der Waals surface area contributed by atoms with Crippen molar-refractivity contribution in [2.24, 2.45) is 5.16 Å². The number of nitrogens with zero attached hydrogens (tertiary/aromatic N) is 2. The largest absolute Gasteiger partial charge is 0.0708 e. The molecule has 5 nitrogen and oxygen atoms in total. The van der Waals surface area contributed by atoms with Crippen molar-refractivity contribution in [1.29, 1.82) is 0 Å². The number of benzene rings is 3. The van der Waals surface area contributed by atoms with Gasteiger partial charge < -0.3 is 0 Å². The first kappa shape index (κ1) is 22.0. The molecule has 0 radical (unpaired) electrons. The molecule has 5 rings (SSSR count). The zero-order valence-corrected chi connectivity index (χ0v) is 20.5. The minimum Gasteiger partial charge on any atom is -0.0622 e. The Bertz CT molecular complexity index is 1190. The Hall–Kier alpha value is -3.21. The molecule has 0 amide bonds. The first-order valence-corrected chi connectivity index (χ1v) is 11.9. The minimum atomic E-state index is -1.14. The van der Waals surface area contributed by atoms with Crippen LogP contribution in [-0.2, 0) is 15.0 Å². The predicted octanol–water partition coefficient (Wildman–Crippen LogP) is 3.22. The molecule has 1 unspecified atom stereocenters. The van der Waals surface area contributed by atoms with Crippen LogP contribution in [0.3, 0.4) is 0 Å². The third-order valence-electron chi connectivity index (χ3n) is 5.24. The normalized spacial score (nSPS) is 13.4. The van der Waals surface area contributed by atoms with Crippen molar-refractivity contribution in [2.45, 2.75) is 5.41 Å². The van der Waals surface area contributed by atoms with E-state index in [0.29, 0.717) is 5.69 Å². The summed E-state index contributed by atoms with van der Waals surface area (Å²) in [5.41, 5.74) is 5.78. The second-order valence-corrected chi connectivity index (χ2v) is 9.94.